The summed E-state index contributed by atoms with van der Waals surface area (Å²) in [7, 11) is 0. The molecule has 0 saturated heterocycles. The van der Waals surface area contributed by atoms with Crippen LogP contribution in [0.25, 0.3) is 56.4 Å². The van der Waals surface area contributed by atoms with E-state index in [0.717, 1.165) is 28.1 Å². The van der Waals surface area contributed by atoms with Gasteiger partial charge in [0.25, 0.3) is 0 Å². The normalized spacial score (nSPS) is 15.2. The monoisotopic (exact) mass is 681 g/mol. The summed E-state index contributed by atoms with van der Waals surface area (Å²) >= 11 is 0. The van der Waals surface area contributed by atoms with Gasteiger partial charge in [-0.05, 0) is 74.8 Å². The Morgan fingerprint density at radius 3 is 1.23 bits per heavy atom. The van der Waals surface area contributed by atoms with Crippen LogP contribution in [0.3, 0.4) is 0 Å². The van der Waals surface area contributed by atoms with Crippen molar-refractivity contribution in [1.82, 2.24) is 15.0 Å². The van der Waals surface area contributed by atoms with Gasteiger partial charge in [0.2, 0.25) is 24.7 Å². The lowest BCUT2D eigenvalue weighted by Crippen LogP contribution is -2.25. The van der Waals surface area contributed by atoms with Crippen molar-refractivity contribution in [2.75, 3.05) is 13.3 Å². The first kappa shape index (κ1) is 29.7. The molecule has 0 fully saturated rings. The van der Waals surface area contributed by atoms with E-state index in [9.17, 15) is 0 Å². The maximum Gasteiger partial charge on any atom is 0.241 e. The molecule has 0 radical (unpaired) electrons. The van der Waals surface area contributed by atoms with Crippen LogP contribution in [0.15, 0.2) is 150 Å². The van der Waals surface area contributed by atoms with Gasteiger partial charge in [-0.25, -0.2) is 24.9 Å². The molecule has 53 heavy (non-hydrogen) atoms. The number of nitrogens with zero attached hydrogens (tertiary/aromatic N) is 7. The highest BCUT2D eigenvalue weighted by Gasteiger charge is 2.51. The van der Waals surface area contributed by atoms with Crippen LogP contribution in [0.4, 0.5) is 11.4 Å². The smallest absolute Gasteiger partial charge is 0.222 e. The van der Waals surface area contributed by atoms with Gasteiger partial charge < -0.3 is 0 Å². The molecule has 0 amide bonds. The molecule has 0 unspecified atom stereocenters. The van der Waals surface area contributed by atoms with E-state index in [-0.39, 0.29) is 0 Å². The minimum Gasteiger partial charge on any atom is -0.222 e. The molecule has 3 heterocycles. The summed E-state index contributed by atoms with van der Waals surface area (Å²) < 4.78 is 4.21. The van der Waals surface area contributed by atoms with E-state index in [2.05, 4.69) is 159 Å². The lowest BCUT2D eigenvalue weighted by atomic mass is 9.70. The topological polar surface area (TPSA) is 69.4 Å². The Labute approximate surface area is 306 Å². The lowest BCUT2D eigenvalue weighted by Gasteiger charge is -2.30. The molecule has 11 rings (SSSR count). The van der Waals surface area contributed by atoms with Crippen molar-refractivity contribution in [2.24, 2.45) is 9.98 Å². The van der Waals surface area contributed by atoms with Crippen molar-refractivity contribution >= 4 is 36.2 Å². The second-order valence-electron chi connectivity index (χ2n) is 13.7. The number of aliphatic imine (C=N–C) groups is 2. The molecule has 0 bridgehead atoms. The lowest BCUT2D eigenvalue weighted by molar-refractivity contribution is -0.427. The molecule has 7 nitrogen and oxygen atoms in total. The Balaban J connectivity index is 1.10. The largest absolute Gasteiger partial charge is 0.241 e. The van der Waals surface area contributed by atoms with Crippen LogP contribution in [0, 0.1) is 0 Å². The quantitative estimate of drug-likeness (QED) is 0.171. The van der Waals surface area contributed by atoms with Gasteiger partial charge in [-0.3, -0.25) is 0 Å². The van der Waals surface area contributed by atoms with Crippen LogP contribution in [0.1, 0.15) is 22.3 Å². The maximum atomic E-state index is 5.19. The third-order valence-electron chi connectivity index (χ3n) is 11.0. The zero-order valence-electron chi connectivity index (χ0n) is 28.6. The predicted octanol–water partition coefficient (Wildman–Crippen LogP) is 8.73. The standard InChI is InChI=1S/C46H31N7/c1-4-10-39-35(7-1)36-8-2-5-11-40(36)46(39)41-12-6-3-9-37(41)38-22-17-32(27-42(38)46)45-50-43(30-13-18-33(19-14-30)52-25-23-47-28-52)49-44(51-45)31-15-20-34(21-16-31)53-26-24-48-29-53/h1-27H,28-29H2/q+2. The van der Waals surface area contributed by atoms with Gasteiger partial charge in [-0.15, -0.1) is 0 Å². The van der Waals surface area contributed by atoms with Crippen molar-refractivity contribution in [3.63, 3.8) is 0 Å². The molecule has 2 aliphatic heterocycles. The molecule has 0 N–H and O–H groups in total. The summed E-state index contributed by atoms with van der Waals surface area (Å²) in [5.74, 6) is 1.88. The summed E-state index contributed by atoms with van der Waals surface area (Å²) in [6, 6.07) is 50.1. The van der Waals surface area contributed by atoms with Crippen LogP contribution < -0.4 is 0 Å². The molecule has 4 aliphatic rings. The first-order valence-corrected chi connectivity index (χ1v) is 17.9. The molecule has 0 atom stereocenters. The Hall–Kier alpha value is -6.99. The van der Waals surface area contributed by atoms with E-state index in [4.69, 9.17) is 15.0 Å². The number of hydrogen-bond acceptors (Lipinski definition) is 5. The number of benzene rings is 6. The zero-order valence-corrected chi connectivity index (χ0v) is 28.6. The Kier molecular flexibility index (Phi) is 6.46. The van der Waals surface area contributed by atoms with E-state index in [1.165, 1.54) is 44.5 Å². The molecule has 2 aliphatic carbocycles. The molecular weight excluding hydrogens is 651 g/mol. The van der Waals surface area contributed by atoms with Crippen LogP contribution in [0.2, 0.25) is 0 Å². The highest BCUT2D eigenvalue weighted by atomic mass is 15.1. The van der Waals surface area contributed by atoms with Crippen LogP contribution >= 0.6 is 0 Å². The average molecular weight is 682 g/mol. The number of hydrogen-bond donors (Lipinski definition) is 0. The van der Waals surface area contributed by atoms with Gasteiger partial charge in [-0.1, -0.05) is 84.9 Å². The van der Waals surface area contributed by atoms with E-state index in [1.807, 2.05) is 24.9 Å². The van der Waals surface area contributed by atoms with E-state index in [1.54, 1.807) is 0 Å². The maximum absolute atomic E-state index is 5.19. The zero-order chi connectivity index (χ0) is 34.9. The minimum absolute atomic E-state index is 0.452. The number of rotatable bonds is 5. The minimum atomic E-state index is -0.452. The number of aromatic nitrogens is 3. The van der Waals surface area contributed by atoms with Crippen LogP contribution in [-0.4, -0.2) is 62.3 Å². The third-order valence-corrected chi connectivity index (χ3v) is 11.0. The molecule has 248 valence electrons. The SMILES string of the molecule is C1=NC[N+](c2ccc(-c3nc(-c4ccc([N+]5=CC=NC5)cc4)nc(-c4ccc5c(c4)C4(c6ccccc6-c6ccccc64)c4ccccc4-5)n3)cc2)=C1. The molecular formula is C46H31N7+2. The molecule has 1 aromatic heterocycles. The molecule has 1 spiro atoms. The molecule has 7 aromatic rings. The fourth-order valence-electron chi connectivity index (χ4n) is 8.56. The van der Waals surface area contributed by atoms with Gasteiger partial charge in [0.05, 0.1) is 17.8 Å². The van der Waals surface area contributed by atoms with Crippen molar-refractivity contribution in [3.8, 4) is 56.4 Å². The summed E-state index contributed by atoms with van der Waals surface area (Å²) in [5, 5.41) is 0. The van der Waals surface area contributed by atoms with E-state index in [0.29, 0.717) is 30.8 Å². The first-order chi connectivity index (χ1) is 26.3. The Morgan fingerprint density at radius 2 is 0.792 bits per heavy atom. The molecule has 6 aromatic carbocycles. The van der Waals surface area contributed by atoms with E-state index >= 15 is 0 Å². The van der Waals surface area contributed by atoms with Crippen molar-refractivity contribution in [1.29, 1.82) is 0 Å². The molecule has 0 saturated carbocycles. The van der Waals surface area contributed by atoms with Gasteiger partial charge in [-0.2, -0.15) is 9.15 Å². The van der Waals surface area contributed by atoms with E-state index < -0.39 is 5.41 Å². The van der Waals surface area contributed by atoms with Crippen molar-refractivity contribution < 1.29 is 9.15 Å². The van der Waals surface area contributed by atoms with Gasteiger partial charge >= 0.3 is 0 Å². The third kappa shape index (κ3) is 4.44. The summed E-state index contributed by atoms with van der Waals surface area (Å²) in [6.45, 7) is 1.24. The van der Waals surface area contributed by atoms with Crippen LogP contribution in [-0.2, 0) is 5.41 Å². The Bertz CT molecular complexity index is 2620. The van der Waals surface area contributed by atoms with Crippen molar-refractivity contribution in [2.45, 2.75) is 5.41 Å². The van der Waals surface area contributed by atoms with Gasteiger partial charge in [0.1, 0.15) is 0 Å². The fraction of sp³-hybridized carbons (Fsp3) is 0.0652. The second kappa shape index (κ2) is 11.5. The van der Waals surface area contributed by atoms with Crippen molar-refractivity contribution in [3.05, 3.63) is 162 Å². The van der Waals surface area contributed by atoms with Gasteiger partial charge in [0, 0.05) is 41.0 Å². The number of fused-ring (bicyclic) bond motifs is 10. The second-order valence-corrected chi connectivity index (χ2v) is 13.7. The molecule has 7 heteroatoms. The van der Waals surface area contributed by atoms with Gasteiger partial charge in [0.15, 0.2) is 29.9 Å². The first-order valence-electron chi connectivity index (χ1n) is 17.9. The summed E-state index contributed by atoms with van der Waals surface area (Å²) in [4.78, 5) is 24.1. The average Bonchev–Trinajstić information content (AvgIpc) is 4.06. The predicted molar refractivity (Wildman–Crippen MR) is 211 cm³/mol. The fourth-order valence-corrected chi connectivity index (χ4v) is 8.56. The summed E-state index contributed by atoms with van der Waals surface area (Å²) in [5.41, 5.74) is 14.7. The Morgan fingerprint density at radius 1 is 0.396 bits per heavy atom. The summed E-state index contributed by atoms with van der Waals surface area (Å²) in [6.07, 6.45) is 7.65. The highest BCUT2D eigenvalue weighted by Crippen LogP contribution is 2.62. The van der Waals surface area contributed by atoms with Crippen LogP contribution in [0.5, 0.6) is 0 Å². The highest BCUT2D eigenvalue weighted by molar-refractivity contribution is 6.15.